The summed E-state index contributed by atoms with van der Waals surface area (Å²) in [5, 5.41) is 460. The van der Waals surface area contributed by atoms with Crippen LogP contribution < -0.4 is 16.8 Å². The minimum absolute atomic E-state index is 0.0534. The number of rotatable bonds is 25. The molecule has 0 aliphatic carbocycles. The third-order valence-corrected chi connectivity index (χ3v) is 21.6. The van der Waals surface area contributed by atoms with Gasteiger partial charge >= 0.3 is 5.97 Å². The van der Waals surface area contributed by atoms with Crippen LogP contribution in [0.3, 0.4) is 0 Å². The zero-order valence-electron chi connectivity index (χ0n) is 56.5. The van der Waals surface area contributed by atoms with Gasteiger partial charge in [0.25, 0.3) is 11.6 Å². The summed E-state index contributed by atoms with van der Waals surface area (Å²) in [6, 6.07) is -6.30. The molecule has 0 spiro atoms. The molecule has 42 N–H and O–H groups in total. The van der Waals surface area contributed by atoms with Gasteiger partial charge in [0.15, 0.2) is 29.1 Å². The summed E-state index contributed by atoms with van der Waals surface area (Å²) in [4.78, 5) is 28.4. The van der Waals surface area contributed by atoms with Crippen molar-refractivity contribution in [2.45, 2.75) is 271 Å². The third kappa shape index (κ3) is 12.8. The molecule has 53 heteroatoms. The van der Waals surface area contributed by atoms with E-state index >= 15 is 9.90 Å². The normalized spacial score (nSPS) is 54.6. The molecule has 8 heterocycles. The topological polar surface area (TPSA) is 948 Å². The van der Waals surface area contributed by atoms with Crippen molar-refractivity contribution in [1.29, 1.82) is 0 Å². The summed E-state index contributed by atoms with van der Waals surface area (Å²) in [6.45, 7) is -19.8. The number of carbonyl (C=O) groups excluding carboxylic acids is 2. The first-order valence-electron chi connectivity index (χ1n) is 33.0. The van der Waals surface area contributed by atoms with E-state index in [0.717, 1.165) is 0 Å². The van der Waals surface area contributed by atoms with Gasteiger partial charge in [-0.05, 0) is 0 Å². The second-order valence-electron chi connectivity index (χ2n) is 27.8. The Balaban J connectivity index is 1.84. The van der Waals surface area contributed by atoms with E-state index in [4.69, 9.17) is 63.6 Å². The fourth-order valence-electron chi connectivity index (χ4n) is 15.8. The number of aliphatic hydroxyl groups is 37. The van der Waals surface area contributed by atoms with Crippen molar-refractivity contribution in [1.82, 2.24) is 5.32 Å². The molecule has 636 valence electrons. The van der Waals surface area contributed by atoms with Crippen LogP contribution in [0.4, 0.5) is 0 Å². The number of aliphatic hydroxyl groups excluding tert-OH is 30. The number of hydrogen-bond acceptors (Lipinski definition) is 52. The predicted octanol–water partition coefficient (Wildman–Crippen LogP) is -27.8. The second-order valence-corrected chi connectivity index (χ2v) is 27.8. The van der Waals surface area contributed by atoms with E-state index in [-0.39, 0.29) is 6.92 Å². The van der Waals surface area contributed by atoms with Crippen LogP contribution in [-0.2, 0) is 61.7 Å². The van der Waals surface area contributed by atoms with E-state index < -0.39 is 336 Å². The first-order chi connectivity index (χ1) is 50.5. The molecule has 8 aliphatic heterocycles. The second kappa shape index (κ2) is 32.6. The van der Waals surface area contributed by atoms with Crippen LogP contribution >= 0.6 is 0 Å². The lowest BCUT2D eigenvalue weighted by atomic mass is 9.43. The Hall–Kier alpha value is -2.86. The number of nitrogens with one attached hydrogen (secondary N) is 1. The van der Waals surface area contributed by atoms with Crippen molar-refractivity contribution in [2.24, 2.45) is 11.5 Å². The van der Waals surface area contributed by atoms with Gasteiger partial charge in [0.1, 0.15) is 183 Å². The monoisotopic (exact) mass is 1610 g/mol. The SMILES string of the molecule is CC(=O)N[C@]1(C2(O)OC(CO)C(O)C(O)C2O)[C@@](O[C@@H]([C@H](O)[C@@H](N)C=O)[C@H](O)CO)(C2(O)OC(CO)C(O)C(O)C2O)O[C@@](CO)(C2(O)OC(CO)C(O)C(O)C2O)[C@](O[C@@H]2O[C@H](CO)[C@@H](OC3(O)OC(CO)C(O)C(O)C3O)[C@H](O)[C@H]2N)(C2(O)OC(CO)C(O)C(O)C2O)[C@@]1(O)C1(O)OC(CO)C(O)C(O)C1O. The van der Waals surface area contributed by atoms with Crippen LogP contribution in [0.15, 0.2) is 0 Å². The van der Waals surface area contributed by atoms with E-state index in [2.05, 4.69) is 0 Å². The quantitative estimate of drug-likeness (QED) is 0.0298. The minimum atomic E-state index is -6.96. The largest absolute Gasteiger partial charge is 0.394 e. The first kappa shape index (κ1) is 91.7. The van der Waals surface area contributed by atoms with Gasteiger partial charge in [-0.1, -0.05) is 0 Å². The fraction of sp³-hybridized carbons (Fsp3) is 0.964. The number of hydrogen-bond donors (Lipinski definition) is 40. The molecule has 8 saturated heterocycles. The van der Waals surface area contributed by atoms with Crippen molar-refractivity contribution in [3.63, 3.8) is 0 Å². The first-order valence-corrected chi connectivity index (χ1v) is 33.0. The molecule has 0 aromatic rings. The smallest absolute Gasteiger partial charge is 0.311 e. The Kier molecular flexibility index (Phi) is 27.4. The summed E-state index contributed by atoms with van der Waals surface area (Å²) >= 11 is 0. The molecular formula is C56H97N3O50. The highest BCUT2D eigenvalue weighted by Crippen LogP contribution is 2.74. The standard InChI is InChI=1S/C56H97N3O50/c1-12(70)59-53(48(93)40(87)32(81)25(74)16(5-63)101-48)54(98,49(94)41(88)33(82)26(75)17(6-64)102-49)55(50(95)42(89)34(83)27(76)18(7-65)103-50,108-45-22(58)30(79)38(21(10-68)99-45)106-52(97)44(91)36(85)29(78)20(9-67)105-52)46(11-69,47(92)39(86)31(80)24(73)15(4-62)100-47)109-56(53,107-37(14(71)3-61)23(72)13(57)2-60)51(96)43(90)35(84)28(77)19(8-66)104-51/h2,13-45,61-69,71-98H,3-11,57-58H2,1H3,(H,59,70)/t13-,14+,15?,16?,17?,18?,19?,20?,21+,22+,23+,24?,25?,26?,27?,28?,29?,30+,31?,32?,33?,34?,35?,36?,37+,38+,39?,40?,41?,42?,43?,44?,45-,46-,47?,48?,49?,50?,51?,52?,53-,54+,55-,56+/m0/s1. The molecule has 44 atom stereocenters. The fourth-order valence-corrected chi connectivity index (χ4v) is 15.8. The molecule has 0 saturated carbocycles. The molecule has 0 aromatic carbocycles. The molecule has 0 bridgehead atoms. The van der Waals surface area contributed by atoms with Crippen molar-refractivity contribution < 1.29 is 251 Å². The Morgan fingerprint density at radius 3 is 1.20 bits per heavy atom. The molecule has 109 heavy (non-hydrogen) atoms. The molecule has 53 nitrogen and oxygen atoms in total. The maximum absolute atomic E-state index is 16.5. The summed E-state index contributed by atoms with van der Waals surface area (Å²) < 4.78 is 64.3. The van der Waals surface area contributed by atoms with Gasteiger partial charge in [-0.15, -0.1) is 0 Å². The molecule has 8 fully saturated rings. The van der Waals surface area contributed by atoms with E-state index in [1.165, 1.54) is 5.32 Å². The van der Waals surface area contributed by atoms with E-state index in [0.29, 0.717) is 0 Å². The van der Waals surface area contributed by atoms with Crippen LogP contribution in [0.1, 0.15) is 6.92 Å². The van der Waals surface area contributed by atoms with E-state index in [1.807, 2.05) is 0 Å². The van der Waals surface area contributed by atoms with Gasteiger partial charge in [0.05, 0.1) is 71.5 Å². The molecule has 0 aromatic heterocycles. The number of nitrogens with two attached hydrogens (primary N) is 2. The molecular weight excluding hydrogens is 1510 g/mol. The van der Waals surface area contributed by atoms with E-state index in [1.54, 1.807) is 0 Å². The number of ether oxygens (including phenoxy) is 11. The lowest BCUT2D eigenvalue weighted by Crippen LogP contribution is -3.11. The number of aldehydes is 1. The maximum atomic E-state index is 16.5. The Labute approximate surface area is 609 Å². The van der Waals surface area contributed by atoms with Crippen molar-refractivity contribution in [3.05, 3.63) is 0 Å². The molecule has 0 radical (unpaired) electrons. The zero-order chi connectivity index (χ0) is 82.7. The minimum Gasteiger partial charge on any atom is -0.394 e. The van der Waals surface area contributed by atoms with Crippen LogP contribution in [0.5, 0.6) is 0 Å². The maximum Gasteiger partial charge on any atom is 0.311 e. The molecule has 1 amide bonds. The Morgan fingerprint density at radius 1 is 0.459 bits per heavy atom. The van der Waals surface area contributed by atoms with Crippen LogP contribution in [0, 0.1) is 0 Å². The Bertz CT molecular complexity index is 3070. The molecule has 8 aliphatic rings. The van der Waals surface area contributed by atoms with Gasteiger partial charge < -0.3 is 263 Å². The highest BCUT2D eigenvalue weighted by atomic mass is 16.9. The average Bonchev–Trinajstić information content (AvgIpc) is 0.608. The third-order valence-electron chi connectivity index (χ3n) is 21.6. The van der Waals surface area contributed by atoms with Crippen LogP contribution in [-0.4, -0.2) is 525 Å². The van der Waals surface area contributed by atoms with Crippen molar-refractivity contribution in [2.75, 3.05) is 59.5 Å². The van der Waals surface area contributed by atoms with Crippen molar-refractivity contribution >= 4 is 12.2 Å². The highest BCUT2D eigenvalue weighted by molar-refractivity contribution is 5.75. The van der Waals surface area contributed by atoms with Crippen molar-refractivity contribution in [3.8, 4) is 0 Å². The van der Waals surface area contributed by atoms with Crippen LogP contribution in [0.2, 0.25) is 0 Å². The number of amides is 1. The van der Waals surface area contributed by atoms with Crippen LogP contribution in [0.25, 0.3) is 0 Å². The average molecular weight is 1610 g/mol. The highest BCUT2D eigenvalue weighted by Gasteiger charge is 3.05. The lowest BCUT2D eigenvalue weighted by Gasteiger charge is -2.81. The summed E-state index contributed by atoms with van der Waals surface area (Å²) in [7, 11) is 0. The Morgan fingerprint density at radius 2 is 0.807 bits per heavy atom. The molecule has 8 rings (SSSR count). The zero-order valence-corrected chi connectivity index (χ0v) is 56.5. The summed E-state index contributed by atoms with van der Waals surface area (Å²) in [5.41, 5.74) is -13.6. The summed E-state index contributed by atoms with van der Waals surface area (Å²) in [5.74, 6) is -42.6. The predicted molar refractivity (Wildman–Crippen MR) is 321 cm³/mol. The van der Waals surface area contributed by atoms with Gasteiger partial charge in [-0.3, -0.25) is 4.79 Å². The van der Waals surface area contributed by atoms with Gasteiger partial charge in [0, 0.05) is 6.92 Å². The van der Waals surface area contributed by atoms with E-state index in [9.17, 15) is 189 Å². The van der Waals surface area contributed by atoms with Gasteiger partial charge in [-0.25, -0.2) is 0 Å². The molecule has 30 unspecified atom stereocenters. The lowest BCUT2D eigenvalue weighted by molar-refractivity contribution is -0.635. The van der Waals surface area contributed by atoms with Gasteiger partial charge in [-0.2, -0.15) is 0 Å². The summed E-state index contributed by atoms with van der Waals surface area (Å²) in [6.07, 6.45) is -108. The van der Waals surface area contributed by atoms with Gasteiger partial charge in [0.2, 0.25) is 34.7 Å². The number of carbonyl (C=O) groups is 2.